The van der Waals surface area contributed by atoms with Gasteiger partial charge < -0.3 is 0 Å². The molecular formula is C6H4FN2S+. The molecular weight excluding hydrogens is 151 g/mol. The van der Waals surface area contributed by atoms with Crippen molar-refractivity contribution in [1.82, 2.24) is 5.10 Å². The first kappa shape index (κ1) is 5.73. The molecule has 0 radical (unpaired) electrons. The number of fused-ring (bicyclic) bond motifs is 1. The van der Waals surface area contributed by atoms with Crippen molar-refractivity contribution in [3.05, 3.63) is 29.7 Å². The Labute approximate surface area is 60.6 Å². The summed E-state index contributed by atoms with van der Waals surface area (Å²) >= 11 is 1.53. The summed E-state index contributed by atoms with van der Waals surface area (Å²) < 4.78 is 13.9. The molecule has 0 saturated heterocycles. The average molecular weight is 155 g/mol. The minimum atomic E-state index is -0.448. The first-order chi connectivity index (χ1) is 4.86. The van der Waals surface area contributed by atoms with Crippen molar-refractivity contribution in [3.63, 3.8) is 0 Å². The minimum Gasteiger partial charge on any atom is -0.178 e. The molecule has 50 valence electrons. The number of aromatic nitrogens is 2. The lowest BCUT2D eigenvalue weighted by Gasteiger charge is -1.77. The van der Waals surface area contributed by atoms with Gasteiger partial charge in [0.05, 0.1) is 5.38 Å². The third kappa shape index (κ3) is 0.769. The molecule has 0 spiro atoms. The summed E-state index contributed by atoms with van der Waals surface area (Å²) in [7, 11) is 0. The summed E-state index contributed by atoms with van der Waals surface area (Å²) in [6.45, 7) is 0. The van der Waals surface area contributed by atoms with E-state index in [-0.39, 0.29) is 0 Å². The van der Waals surface area contributed by atoms with E-state index in [4.69, 9.17) is 0 Å². The van der Waals surface area contributed by atoms with E-state index in [1.165, 1.54) is 21.9 Å². The maximum atomic E-state index is 12.4. The third-order valence-electron chi connectivity index (χ3n) is 1.18. The molecule has 0 N–H and O–H groups in total. The van der Waals surface area contributed by atoms with Gasteiger partial charge in [0.2, 0.25) is 6.20 Å². The average Bonchev–Trinajstić information content (AvgIpc) is 2.33. The van der Waals surface area contributed by atoms with Gasteiger partial charge in [0.1, 0.15) is 0 Å². The summed E-state index contributed by atoms with van der Waals surface area (Å²) in [5, 5.41) is 5.46. The Hall–Kier alpha value is -1.03. The van der Waals surface area contributed by atoms with Crippen molar-refractivity contribution >= 4 is 16.2 Å². The van der Waals surface area contributed by atoms with Crippen LogP contribution in [0, 0.1) is 5.95 Å². The zero-order valence-corrected chi connectivity index (χ0v) is 5.81. The van der Waals surface area contributed by atoms with Crippen LogP contribution in [0.2, 0.25) is 0 Å². The predicted molar refractivity (Wildman–Crippen MR) is 35.2 cm³/mol. The van der Waals surface area contributed by atoms with E-state index in [1.807, 2.05) is 5.38 Å². The third-order valence-corrected chi connectivity index (χ3v) is 2.01. The van der Waals surface area contributed by atoms with E-state index in [9.17, 15) is 4.39 Å². The fourth-order valence-corrected chi connectivity index (χ4v) is 1.43. The lowest BCUT2D eigenvalue weighted by atomic mass is 10.6. The first-order valence-corrected chi connectivity index (χ1v) is 3.66. The van der Waals surface area contributed by atoms with Crippen molar-refractivity contribution in [3.8, 4) is 0 Å². The summed E-state index contributed by atoms with van der Waals surface area (Å²) in [4.78, 5) is 0.946. The van der Waals surface area contributed by atoms with Gasteiger partial charge >= 0.3 is 0 Å². The molecule has 0 amide bonds. The molecule has 10 heavy (non-hydrogen) atoms. The molecule has 0 aromatic carbocycles. The molecule has 2 nitrogen and oxygen atoms in total. The van der Waals surface area contributed by atoms with Crippen LogP contribution >= 0.6 is 11.3 Å². The van der Waals surface area contributed by atoms with E-state index in [0.29, 0.717) is 0 Å². The van der Waals surface area contributed by atoms with E-state index < -0.39 is 5.95 Å². The van der Waals surface area contributed by atoms with Crippen molar-refractivity contribution in [2.45, 2.75) is 0 Å². The van der Waals surface area contributed by atoms with Crippen LogP contribution in [0.4, 0.5) is 4.39 Å². The zero-order valence-electron chi connectivity index (χ0n) is 4.99. The van der Waals surface area contributed by atoms with Gasteiger partial charge in [-0.2, -0.15) is 4.39 Å². The summed E-state index contributed by atoms with van der Waals surface area (Å²) in [5.74, 6) is -0.448. The second-order valence-electron chi connectivity index (χ2n) is 1.84. The maximum absolute atomic E-state index is 12.4. The van der Waals surface area contributed by atoms with Gasteiger partial charge in [-0.25, -0.2) is 0 Å². The number of hydrogen-bond donors (Lipinski definition) is 0. The lowest BCUT2D eigenvalue weighted by molar-refractivity contribution is -0.580. The SMILES string of the molecule is Fc1ccc2scc[n+]2n1. The monoisotopic (exact) mass is 155 g/mol. The summed E-state index contributed by atoms with van der Waals surface area (Å²) in [5.41, 5.74) is 0. The van der Waals surface area contributed by atoms with E-state index >= 15 is 0 Å². The molecule has 0 unspecified atom stereocenters. The summed E-state index contributed by atoms with van der Waals surface area (Å²) in [6, 6.07) is 3.05. The molecule has 4 heteroatoms. The van der Waals surface area contributed by atoms with Crippen molar-refractivity contribution in [2.24, 2.45) is 0 Å². The van der Waals surface area contributed by atoms with Crippen molar-refractivity contribution < 1.29 is 8.91 Å². The summed E-state index contributed by atoms with van der Waals surface area (Å²) in [6.07, 6.45) is 1.73. The van der Waals surface area contributed by atoms with Gasteiger partial charge in [0.15, 0.2) is 0 Å². The molecule has 0 bridgehead atoms. The highest BCUT2D eigenvalue weighted by molar-refractivity contribution is 7.14. The number of nitrogens with zero attached hydrogens (tertiary/aromatic N) is 2. The molecule has 0 atom stereocenters. The molecule has 2 aromatic rings. The second-order valence-corrected chi connectivity index (χ2v) is 2.77. The Kier molecular flexibility index (Phi) is 1.14. The molecule has 0 saturated carbocycles. The van der Waals surface area contributed by atoms with Crippen LogP contribution in [-0.4, -0.2) is 5.10 Å². The van der Waals surface area contributed by atoms with Gasteiger partial charge in [0.25, 0.3) is 10.8 Å². The van der Waals surface area contributed by atoms with Gasteiger partial charge in [-0.05, 0) is 4.52 Å². The molecule has 0 aliphatic rings. The zero-order chi connectivity index (χ0) is 6.97. The number of hydrogen-bond acceptors (Lipinski definition) is 2. The highest BCUT2D eigenvalue weighted by Crippen LogP contribution is 2.02. The van der Waals surface area contributed by atoms with Gasteiger partial charge in [0, 0.05) is 17.2 Å². The molecule has 2 rings (SSSR count). The van der Waals surface area contributed by atoms with E-state index in [0.717, 1.165) is 4.83 Å². The predicted octanol–water partition coefficient (Wildman–Crippen LogP) is 1.02. The maximum Gasteiger partial charge on any atom is 0.293 e. The second kappa shape index (κ2) is 1.98. The molecule has 0 aliphatic heterocycles. The van der Waals surface area contributed by atoms with Crippen molar-refractivity contribution in [2.75, 3.05) is 0 Å². The largest absolute Gasteiger partial charge is 0.293 e. The lowest BCUT2D eigenvalue weighted by Crippen LogP contribution is -2.23. The molecule has 2 aromatic heterocycles. The van der Waals surface area contributed by atoms with Crippen LogP contribution in [-0.2, 0) is 0 Å². The topological polar surface area (TPSA) is 17.0 Å². The standard InChI is InChI=1S/C6H4FN2S/c7-5-1-2-6-9(8-5)3-4-10-6/h1-4H/q+1. The Balaban J connectivity index is 2.86. The quantitative estimate of drug-likeness (QED) is 0.519. The van der Waals surface area contributed by atoms with Crippen LogP contribution in [0.25, 0.3) is 4.83 Å². The minimum absolute atomic E-state index is 0.448. The Morgan fingerprint density at radius 3 is 3.30 bits per heavy atom. The normalized spacial score (nSPS) is 10.5. The van der Waals surface area contributed by atoms with E-state index in [1.54, 1.807) is 12.3 Å². The van der Waals surface area contributed by atoms with Gasteiger partial charge in [-0.15, -0.1) is 0 Å². The number of halogens is 1. The molecule has 2 heterocycles. The number of thiazole rings is 1. The molecule has 0 fully saturated rings. The van der Waals surface area contributed by atoms with Crippen LogP contribution in [0.15, 0.2) is 23.7 Å². The van der Waals surface area contributed by atoms with Crippen LogP contribution in [0.3, 0.4) is 0 Å². The van der Waals surface area contributed by atoms with Crippen LogP contribution < -0.4 is 4.52 Å². The number of rotatable bonds is 0. The highest BCUT2D eigenvalue weighted by Gasteiger charge is 2.05. The Morgan fingerprint density at radius 2 is 2.40 bits per heavy atom. The Bertz CT molecular complexity index is 357. The smallest absolute Gasteiger partial charge is 0.178 e. The van der Waals surface area contributed by atoms with Gasteiger partial charge in [-0.3, -0.25) is 0 Å². The fourth-order valence-electron chi connectivity index (χ4n) is 0.760. The van der Waals surface area contributed by atoms with E-state index in [2.05, 4.69) is 5.10 Å². The fraction of sp³-hybridized carbons (Fsp3) is 0. The van der Waals surface area contributed by atoms with Crippen LogP contribution in [0.1, 0.15) is 0 Å². The molecule has 0 aliphatic carbocycles. The van der Waals surface area contributed by atoms with Gasteiger partial charge in [-0.1, -0.05) is 11.3 Å². The van der Waals surface area contributed by atoms with Crippen LogP contribution in [0.5, 0.6) is 0 Å². The first-order valence-electron chi connectivity index (χ1n) is 2.78. The Morgan fingerprint density at radius 1 is 1.50 bits per heavy atom. The van der Waals surface area contributed by atoms with Crippen molar-refractivity contribution in [1.29, 1.82) is 0 Å². The highest BCUT2D eigenvalue weighted by atomic mass is 32.1.